The fraction of sp³-hybridized carbons (Fsp3) is 0.440. The van der Waals surface area contributed by atoms with Crippen LogP contribution in [0.1, 0.15) is 77.6 Å². The van der Waals surface area contributed by atoms with E-state index in [0.717, 1.165) is 31.2 Å². The van der Waals surface area contributed by atoms with E-state index in [-0.39, 0.29) is 23.7 Å². The van der Waals surface area contributed by atoms with Gasteiger partial charge in [-0.15, -0.1) is 0 Å². The minimum Gasteiger partial charge on any atom is -0.490 e. The second kappa shape index (κ2) is 9.41. The van der Waals surface area contributed by atoms with Crippen molar-refractivity contribution in [3.8, 4) is 11.5 Å². The van der Waals surface area contributed by atoms with Gasteiger partial charge in [-0.05, 0) is 94.7 Å². The summed E-state index contributed by atoms with van der Waals surface area (Å²) in [5.41, 5.74) is 2.11. The fourth-order valence-electron chi connectivity index (χ4n) is 4.31. The lowest BCUT2D eigenvalue weighted by Crippen LogP contribution is -2.17. The maximum atomic E-state index is 13.0. The summed E-state index contributed by atoms with van der Waals surface area (Å²) in [6.07, 6.45) is 9.16. The summed E-state index contributed by atoms with van der Waals surface area (Å²) in [7, 11) is 0. The van der Waals surface area contributed by atoms with E-state index in [1.807, 2.05) is 6.92 Å². The van der Waals surface area contributed by atoms with Crippen LogP contribution in [0.15, 0.2) is 36.4 Å². The van der Waals surface area contributed by atoms with Gasteiger partial charge in [0.15, 0.2) is 0 Å². The smallest absolute Gasteiger partial charge is 0.335 e. The molecule has 164 valence electrons. The maximum Gasteiger partial charge on any atom is 0.335 e. The molecule has 6 nitrogen and oxygen atoms in total. The Morgan fingerprint density at radius 1 is 0.839 bits per heavy atom. The molecule has 2 fully saturated rings. The minimum atomic E-state index is -1.00. The Labute approximate surface area is 182 Å². The van der Waals surface area contributed by atoms with Crippen molar-refractivity contribution in [3.63, 3.8) is 0 Å². The van der Waals surface area contributed by atoms with Crippen LogP contribution >= 0.6 is 0 Å². The monoisotopic (exact) mass is 423 g/mol. The van der Waals surface area contributed by atoms with Gasteiger partial charge in [-0.2, -0.15) is 0 Å². The molecule has 0 bridgehead atoms. The highest BCUT2D eigenvalue weighted by Crippen LogP contribution is 2.35. The van der Waals surface area contributed by atoms with Gasteiger partial charge in [0.25, 0.3) is 5.91 Å². The van der Waals surface area contributed by atoms with E-state index in [4.69, 9.17) is 14.6 Å². The van der Waals surface area contributed by atoms with Gasteiger partial charge in [-0.1, -0.05) is 0 Å². The lowest BCUT2D eigenvalue weighted by Gasteiger charge is -2.21. The molecule has 2 aliphatic carbocycles. The number of carbonyl (C=O) groups is 2. The number of benzene rings is 2. The summed E-state index contributed by atoms with van der Waals surface area (Å²) < 4.78 is 12.5. The van der Waals surface area contributed by atoms with Gasteiger partial charge in [0.05, 0.1) is 17.8 Å². The predicted molar refractivity (Wildman–Crippen MR) is 118 cm³/mol. The van der Waals surface area contributed by atoms with Crippen LogP contribution in [0.5, 0.6) is 11.5 Å². The van der Waals surface area contributed by atoms with Crippen molar-refractivity contribution in [2.75, 3.05) is 5.32 Å². The predicted octanol–water partition coefficient (Wildman–Crippen LogP) is 5.59. The molecule has 0 unspecified atom stereocenters. The highest BCUT2D eigenvalue weighted by Gasteiger charge is 2.23. The van der Waals surface area contributed by atoms with E-state index in [2.05, 4.69) is 5.32 Å². The van der Waals surface area contributed by atoms with Crippen molar-refractivity contribution in [2.24, 2.45) is 0 Å². The molecule has 2 aromatic rings. The molecule has 0 aliphatic heterocycles. The third kappa shape index (κ3) is 5.19. The lowest BCUT2D eigenvalue weighted by molar-refractivity contribution is 0.0696. The summed E-state index contributed by atoms with van der Waals surface area (Å²) in [6.45, 7) is 1.99. The standard InChI is InChI=1S/C25H29NO5/c1-16-22(30-20-6-2-3-7-20)14-18(15-23(16)31-21-8-4-5-9-21)24(27)26-19-12-10-17(11-13-19)25(28)29/h10-15,20-21H,2-9H2,1H3,(H,26,27)(H,28,29). The van der Waals surface area contributed by atoms with Crippen molar-refractivity contribution >= 4 is 17.6 Å². The Morgan fingerprint density at radius 2 is 1.32 bits per heavy atom. The highest BCUT2D eigenvalue weighted by atomic mass is 16.5. The third-order valence-electron chi connectivity index (χ3n) is 6.16. The quantitative estimate of drug-likeness (QED) is 0.606. The van der Waals surface area contributed by atoms with Crippen molar-refractivity contribution in [3.05, 3.63) is 53.1 Å². The van der Waals surface area contributed by atoms with Crippen LogP contribution in [0.4, 0.5) is 5.69 Å². The molecule has 0 saturated heterocycles. The average molecular weight is 424 g/mol. The van der Waals surface area contributed by atoms with Crippen LogP contribution in [0.25, 0.3) is 0 Å². The summed E-state index contributed by atoms with van der Waals surface area (Å²) in [4.78, 5) is 24.0. The molecule has 4 rings (SSSR count). The third-order valence-corrected chi connectivity index (χ3v) is 6.16. The number of amides is 1. The molecule has 6 heteroatoms. The molecule has 0 radical (unpaired) electrons. The minimum absolute atomic E-state index is 0.174. The Balaban J connectivity index is 1.57. The van der Waals surface area contributed by atoms with Crippen LogP contribution in [0, 0.1) is 6.92 Å². The first-order valence-corrected chi connectivity index (χ1v) is 11.1. The van der Waals surface area contributed by atoms with E-state index in [9.17, 15) is 9.59 Å². The first-order valence-electron chi connectivity index (χ1n) is 11.1. The number of carbonyl (C=O) groups excluding carboxylic acids is 1. The maximum absolute atomic E-state index is 13.0. The van der Waals surface area contributed by atoms with Gasteiger partial charge in [-0.3, -0.25) is 4.79 Å². The summed E-state index contributed by atoms with van der Waals surface area (Å²) >= 11 is 0. The van der Waals surface area contributed by atoms with Crippen molar-refractivity contribution in [1.29, 1.82) is 0 Å². The van der Waals surface area contributed by atoms with Crippen molar-refractivity contribution in [2.45, 2.75) is 70.5 Å². The van der Waals surface area contributed by atoms with E-state index >= 15 is 0 Å². The van der Waals surface area contributed by atoms with Crippen LogP contribution in [-0.4, -0.2) is 29.2 Å². The van der Waals surface area contributed by atoms with Gasteiger partial charge in [-0.25, -0.2) is 4.79 Å². The molecule has 0 heterocycles. The molecular weight excluding hydrogens is 394 g/mol. The van der Waals surface area contributed by atoms with Crippen LogP contribution in [-0.2, 0) is 0 Å². The number of nitrogens with one attached hydrogen (secondary N) is 1. The van der Waals surface area contributed by atoms with Gasteiger partial charge in [0.1, 0.15) is 11.5 Å². The molecule has 0 aromatic heterocycles. The number of ether oxygens (including phenoxy) is 2. The Morgan fingerprint density at radius 3 is 1.77 bits per heavy atom. The van der Waals surface area contributed by atoms with E-state index in [0.29, 0.717) is 22.7 Å². The summed E-state index contributed by atoms with van der Waals surface area (Å²) in [5.74, 6) is 0.122. The average Bonchev–Trinajstić information content (AvgIpc) is 3.45. The normalized spacial score (nSPS) is 16.9. The Bertz CT molecular complexity index is 902. The highest BCUT2D eigenvalue weighted by molar-refractivity contribution is 6.05. The SMILES string of the molecule is Cc1c(OC2CCCC2)cc(C(=O)Nc2ccc(C(=O)O)cc2)cc1OC1CCCC1. The van der Waals surface area contributed by atoms with Crippen LogP contribution in [0.2, 0.25) is 0 Å². The number of hydrogen-bond acceptors (Lipinski definition) is 4. The molecule has 0 atom stereocenters. The molecule has 0 spiro atoms. The first-order chi connectivity index (χ1) is 15.0. The van der Waals surface area contributed by atoms with E-state index in [1.54, 1.807) is 24.3 Å². The number of rotatable bonds is 7. The summed E-state index contributed by atoms with van der Waals surface area (Å²) in [5, 5.41) is 11.9. The molecular formula is C25H29NO5. The fourth-order valence-corrected chi connectivity index (χ4v) is 4.31. The largest absolute Gasteiger partial charge is 0.490 e. The molecule has 2 N–H and O–H groups in total. The number of anilines is 1. The van der Waals surface area contributed by atoms with Gasteiger partial charge >= 0.3 is 5.97 Å². The number of carboxylic acid groups (broad SMARTS) is 1. The van der Waals surface area contributed by atoms with Crippen molar-refractivity contribution in [1.82, 2.24) is 0 Å². The molecule has 31 heavy (non-hydrogen) atoms. The second-order valence-corrected chi connectivity index (χ2v) is 8.48. The van der Waals surface area contributed by atoms with E-state index < -0.39 is 5.97 Å². The number of hydrogen-bond donors (Lipinski definition) is 2. The first kappa shape index (κ1) is 21.2. The van der Waals surface area contributed by atoms with E-state index in [1.165, 1.54) is 37.8 Å². The second-order valence-electron chi connectivity index (χ2n) is 8.48. The van der Waals surface area contributed by atoms with Crippen LogP contribution in [0.3, 0.4) is 0 Å². The Kier molecular flexibility index (Phi) is 6.44. The van der Waals surface area contributed by atoms with Gasteiger partial charge in [0.2, 0.25) is 0 Å². The molecule has 2 aliphatic rings. The zero-order chi connectivity index (χ0) is 21.8. The van der Waals surface area contributed by atoms with Gasteiger partial charge < -0.3 is 19.9 Å². The van der Waals surface area contributed by atoms with Crippen LogP contribution < -0.4 is 14.8 Å². The number of aromatic carboxylic acids is 1. The van der Waals surface area contributed by atoms with Gasteiger partial charge in [0, 0.05) is 16.8 Å². The number of carboxylic acids is 1. The Hall–Kier alpha value is -3.02. The molecule has 2 saturated carbocycles. The molecule has 2 aromatic carbocycles. The van der Waals surface area contributed by atoms with Crippen molar-refractivity contribution < 1.29 is 24.2 Å². The lowest BCUT2D eigenvalue weighted by atomic mass is 10.1. The summed E-state index contributed by atoms with van der Waals surface area (Å²) in [6, 6.07) is 9.68. The zero-order valence-electron chi connectivity index (χ0n) is 17.9. The topological polar surface area (TPSA) is 84.9 Å². The zero-order valence-corrected chi connectivity index (χ0v) is 17.9. The molecule has 1 amide bonds.